The van der Waals surface area contributed by atoms with Crippen LogP contribution in [0.3, 0.4) is 0 Å². The van der Waals surface area contributed by atoms with Gasteiger partial charge in [-0.1, -0.05) is 18.2 Å². The van der Waals surface area contributed by atoms with Crippen LogP contribution in [0.5, 0.6) is 0 Å². The van der Waals surface area contributed by atoms with Crippen molar-refractivity contribution in [2.75, 3.05) is 6.54 Å². The number of fused-ring (bicyclic) bond motifs is 1. The summed E-state index contributed by atoms with van der Waals surface area (Å²) in [7, 11) is -3.90. The van der Waals surface area contributed by atoms with Gasteiger partial charge < -0.3 is 5.11 Å². The van der Waals surface area contributed by atoms with E-state index in [-0.39, 0.29) is 22.9 Å². The number of hydrogen-bond acceptors (Lipinski definition) is 4. The summed E-state index contributed by atoms with van der Waals surface area (Å²) >= 11 is 0. The average Bonchev–Trinajstić information content (AvgIpc) is 2.60. The number of aromatic carboxylic acids is 1. The minimum Gasteiger partial charge on any atom is -0.478 e. The fourth-order valence-electron chi connectivity index (χ4n) is 3.07. The summed E-state index contributed by atoms with van der Waals surface area (Å²) in [6, 6.07) is 9.51. The predicted molar refractivity (Wildman–Crippen MR) is 88.5 cm³/mol. The summed E-state index contributed by atoms with van der Waals surface area (Å²) in [6.45, 7) is 0.209. The largest absolute Gasteiger partial charge is 0.478 e. The number of carboxylic acids is 1. The van der Waals surface area contributed by atoms with E-state index in [1.165, 1.54) is 24.3 Å². The number of hydrogen-bond donors (Lipinski definition) is 2. The van der Waals surface area contributed by atoms with Crippen LogP contribution in [-0.2, 0) is 16.4 Å². The second kappa shape index (κ2) is 6.70. The van der Waals surface area contributed by atoms with Gasteiger partial charge in [0.15, 0.2) is 0 Å². The van der Waals surface area contributed by atoms with Crippen LogP contribution in [0.15, 0.2) is 47.5 Å². The van der Waals surface area contributed by atoms with Gasteiger partial charge in [0, 0.05) is 24.4 Å². The maximum atomic E-state index is 12.5. The molecule has 1 unspecified atom stereocenters. The number of nitrogens with one attached hydrogen (secondary N) is 1. The summed E-state index contributed by atoms with van der Waals surface area (Å²) in [5.41, 5.74) is 1.85. The summed E-state index contributed by atoms with van der Waals surface area (Å²) in [4.78, 5) is 15.4. The highest BCUT2D eigenvalue weighted by atomic mass is 32.2. The highest BCUT2D eigenvalue weighted by Gasteiger charge is 2.26. The van der Waals surface area contributed by atoms with Crippen molar-refractivity contribution in [3.63, 3.8) is 0 Å². The van der Waals surface area contributed by atoms with Gasteiger partial charge in [0.05, 0.1) is 10.5 Å². The van der Waals surface area contributed by atoms with Crippen LogP contribution in [-0.4, -0.2) is 31.0 Å². The van der Waals surface area contributed by atoms with Crippen molar-refractivity contribution >= 4 is 16.0 Å². The van der Waals surface area contributed by atoms with Crippen LogP contribution in [0.25, 0.3) is 0 Å². The van der Waals surface area contributed by atoms with Crippen LogP contribution < -0.4 is 4.72 Å². The number of benzene rings is 1. The Balaban J connectivity index is 1.81. The number of nitrogens with zero attached hydrogens (tertiary/aromatic N) is 1. The molecule has 1 atom stereocenters. The SMILES string of the molecule is O=C(O)c1ccccc1S(=O)(=O)NCC1CCCc2cccnc21. The topological polar surface area (TPSA) is 96.4 Å². The van der Waals surface area contributed by atoms with Gasteiger partial charge in [-0.25, -0.2) is 17.9 Å². The first-order chi connectivity index (χ1) is 11.5. The molecule has 0 amide bonds. The summed E-state index contributed by atoms with van der Waals surface area (Å²) in [5, 5.41) is 9.17. The lowest BCUT2D eigenvalue weighted by Gasteiger charge is -2.24. The summed E-state index contributed by atoms with van der Waals surface area (Å²) < 4.78 is 27.6. The maximum absolute atomic E-state index is 12.5. The van der Waals surface area contributed by atoms with Crippen LogP contribution in [0, 0.1) is 0 Å². The molecule has 0 fully saturated rings. The molecular formula is C17H18N2O4S. The molecular weight excluding hydrogens is 328 g/mol. The summed E-state index contributed by atoms with van der Waals surface area (Å²) in [6.07, 6.45) is 4.50. The third kappa shape index (κ3) is 3.32. The van der Waals surface area contributed by atoms with E-state index in [9.17, 15) is 18.3 Å². The van der Waals surface area contributed by atoms with Crippen LogP contribution in [0.2, 0.25) is 0 Å². The summed E-state index contributed by atoms with van der Waals surface area (Å²) in [5.74, 6) is -1.26. The molecule has 2 aromatic rings. The molecule has 0 radical (unpaired) electrons. The van der Waals surface area contributed by atoms with Crippen molar-refractivity contribution in [3.8, 4) is 0 Å². The third-order valence-electron chi connectivity index (χ3n) is 4.24. The molecule has 0 saturated carbocycles. The Morgan fingerprint density at radius 3 is 2.83 bits per heavy atom. The first-order valence-electron chi connectivity index (χ1n) is 7.75. The monoisotopic (exact) mass is 346 g/mol. The van der Waals surface area contributed by atoms with Crippen molar-refractivity contribution in [2.24, 2.45) is 0 Å². The molecule has 3 rings (SSSR count). The maximum Gasteiger partial charge on any atom is 0.337 e. The second-order valence-electron chi connectivity index (χ2n) is 5.79. The normalized spacial score (nSPS) is 17.2. The Labute approximate surface area is 140 Å². The fourth-order valence-corrected chi connectivity index (χ4v) is 4.35. The van der Waals surface area contributed by atoms with Gasteiger partial charge in [-0.15, -0.1) is 0 Å². The molecule has 6 nitrogen and oxygen atoms in total. The zero-order valence-corrected chi connectivity index (χ0v) is 13.8. The molecule has 1 heterocycles. The van der Waals surface area contributed by atoms with Gasteiger partial charge >= 0.3 is 5.97 Å². The van der Waals surface area contributed by atoms with Gasteiger partial charge in [0.25, 0.3) is 0 Å². The van der Waals surface area contributed by atoms with E-state index in [4.69, 9.17) is 0 Å². The van der Waals surface area contributed by atoms with Crippen molar-refractivity contribution < 1.29 is 18.3 Å². The molecule has 1 aromatic heterocycles. The van der Waals surface area contributed by atoms with E-state index >= 15 is 0 Å². The van der Waals surface area contributed by atoms with E-state index in [2.05, 4.69) is 9.71 Å². The van der Waals surface area contributed by atoms with Crippen molar-refractivity contribution in [3.05, 3.63) is 59.4 Å². The highest BCUT2D eigenvalue weighted by molar-refractivity contribution is 7.89. The lowest BCUT2D eigenvalue weighted by Crippen LogP contribution is -2.31. The molecule has 1 aliphatic rings. The molecule has 2 N–H and O–H groups in total. The smallest absolute Gasteiger partial charge is 0.337 e. The fraction of sp³-hybridized carbons (Fsp3) is 0.294. The Morgan fingerprint density at radius 1 is 1.25 bits per heavy atom. The number of carbonyl (C=O) groups is 1. The Kier molecular flexibility index (Phi) is 4.64. The number of aryl methyl sites for hydroxylation is 1. The molecule has 0 bridgehead atoms. The quantitative estimate of drug-likeness (QED) is 0.865. The van der Waals surface area contributed by atoms with E-state index in [1.54, 1.807) is 6.20 Å². The second-order valence-corrected chi connectivity index (χ2v) is 7.53. The van der Waals surface area contributed by atoms with E-state index in [0.29, 0.717) is 0 Å². The molecule has 24 heavy (non-hydrogen) atoms. The zero-order valence-electron chi connectivity index (χ0n) is 13.0. The van der Waals surface area contributed by atoms with Gasteiger partial charge in [-0.2, -0.15) is 0 Å². The average molecular weight is 346 g/mol. The molecule has 1 aromatic carbocycles. The molecule has 0 aliphatic heterocycles. The molecule has 1 aliphatic carbocycles. The Morgan fingerprint density at radius 2 is 2.04 bits per heavy atom. The molecule has 0 saturated heterocycles. The van der Waals surface area contributed by atoms with Gasteiger partial charge in [-0.05, 0) is 43.0 Å². The first kappa shape index (κ1) is 16.6. The predicted octanol–water partition coefficient (Wildman–Crippen LogP) is 2.18. The van der Waals surface area contributed by atoms with E-state index in [0.717, 1.165) is 30.5 Å². The Hall–Kier alpha value is -2.25. The van der Waals surface area contributed by atoms with Crippen LogP contribution in [0.4, 0.5) is 0 Å². The van der Waals surface area contributed by atoms with Crippen LogP contribution >= 0.6 is 0 Å². The Bertz CT molecular complexity index is 864. The lowest BCUT2D eigenvalue weighted by atomic mass is 9.87. The molecule has 0 spiro atoms. The van der Waals surface area contributed by atoms with Crippen molar-refractivity contribution in [1.82, 2.24) is 9.71 Å². The third-order valence-corrected chi connectivity index (χ3v) is 5.72. The van der Waals surface area contributed by atoms with Gasteiger partial charge in [0.1, 0.15) is 0 Å². The zero-order chi connectivity index (χ0) is 17.2. The number of carboxylic acid groups (broad SMARTS) is 1. The number of rotatable bonds is 5. The lowest BCUT2D eigenvalue weighted by molar-refractivity contribution is 0.0692. The van der Waals surface area contributed by atoms with Crippen LogP contribution in [0.1, 0.15) is 40.4 Å². The van der Waals surface area contributed by atoms with Crippen molar-refractivity contribution in [1.29, 1.82) is 0 Å². The van der Waals surface area contributed by atoms with E-state index in [1.807, 2.05) is 12.1 Å². The van der Waals surface area contributed by atoms with Gasteiger partial charge in [0.2, 0.25) is 10.0 Å². The van der Waals surface area contributed by atoms with Gasteiger partial charge in [-0.3, -0.25) is 4.98 Å². The minimum absolute atomic E-state index is 0.00159. The minimum atomic E-state index is -3.90. The first-order valence-corrected chi connectivity index (χ1v) is 9.23. The number of pyridine rings is 1. The molecule has 7 heteroatoms. The number of aromatic nitrogens is 1. The highest BCUT2D eigenvalue weighted by Crippen LogP contribution is 2.29. The molecule has 126 valence electrons. The number of sulfonamides is 1. The van der Waals surface area contributed by atoms with E-state index < -0.39 is 16.0 Å². The standard InChI is InChI=1S/C17H18N2O4S/c20-17(21)14-8-1-2-9-15(14)24(22,23)19-11-13-6-3-5-12-7-4-10-18-16(12)13/h1-2,4,7-10,13,19H,3,5-6,11H2,(H,20,21). The van der Waals surface area contributed by atoms with Crippen molar-refractivity contribution in [2.45, 2.75) is 30.1 Å².